The predicted octanol–water partition coefficient (Wildman–Crippen LogP) is 0.944. The largest absolute Gasteiger partial charge is 0.475 e. The van der Waals surface area contributed by atoms with Crippen molar-refractivity contribution in [1.82, 2.24) is 5.32 Å². The Balaban J connectivity index is 1.70. The van der Waals surface area contributed by atoms with Crippen molar-refractivity contribution in [2.45, 2.75) is 13.0 Å². The molecule has 0 unspecified atom stereocenters. The van der Waals surface area contributed by atoms with Crippen LogP contribution in [-0.2, 0) is 14.3 Å². The van der Waals surface area contributed by atoms with Gasteiger partial charge in [0.05, 0.1) is 18.9 Å². The third kappa shape index (κ3) is 3.79. The van der Waals surface area contributed by atoms with E-state index in [2.05, 4.69) is 10.3 Å². The van der Waals surface area contributed by atoms with Crippen molar-refractivity contribution in [2.75, 3.05) is 44.4 Å². The lowest BCUT2D eigenvalue weighted by molar-refractivity contribution is -0.119. The lowest BCUT2D eigenvalue weighted by Crippen LogP contribution is -2.36. The van der Waals surface area contributed by atoms with E-state index in [0.717, 1.165) is 0 Å². The summed E-state index contributed by atoms with van der Waals surface area (Å²) in [5.41, 5.74) is 1.19. The highest BCUT2D eigenvalue weighted by atomic mass is 19.1. The van der Waals surface area contributed by atoms with E-state index in [4.69, 9.17) is 9.47 Å². The Morgan fingerprint density at radius 3 is 2.91 bits per heavy atom. The first-order valence-electron chi connectivity index (χ1n) is 7.71. The van der Waals surface area contributed by atoms with Crippen LogP contribution in [0.5, 0.6) is 0 Å². The molecule has 0 saturated carbocycles. The molecular formula is C16H20FN3O3. The second kappa shape index (κ2) is 6.95. The summed E-state index contributed by atoms with van der Waals surface area (Å²) in [6, 6.07) is 4.89. The summed E-state index contributed by atoms with van der Waals surface area (Å²) in [5, 5.41) is 2.70. The highest BCUT2D eigenvalue weighted by Crippen LogP contribution is 2.23. The van der Waals surface area contributed by atoms with Gasteiger partial charge in [-0.1, -0.05) is 0 Å². The summed E-state index contributed by atoms with van der Waals surface area (Å²) in [4.78, 5) is 17.3. The van der Waals surface area contributed by atoms with E-state index in [9.17, 15) is 9.18 Å². The zero-order valence-electron chi connectivity index (χ0n) is 13.0. The fourth-order valence-corrected chi connectivity index (χ4v) is 2.64. The third-order valence-corrected chi connectivity index (χ3v) is 3.85. The van der Waals surface area contributed by atoms with E-state index >= 15 is 0 Å². The van der Waals surface area contributed by atoms with E-state index in [1.165, 1.54) is 13.0 Å². The van der Waals surface area contributed by atoms with E-state index in [1.54, 1.807) is 6.07 Å². The van der Waals surface area contributed by atoms with Gasteiger partial charge in [0.2, 0.25) is 11.8 Å². The zero-order valence-corrected chi connectivity index (χ0v) is 13.0. The lowest BCUT2D eigenvalue weighted by Gasteiger charge is -2.29. The first-order valence-corrected chi connectivity index (χ1v) is 7.71. The minimum Gasteiger partial charge on any atom is -0.475 e. The van der Waals surface area contributed by atoms with Gasteiger partial charge in [-0.2, -0.15) is 0 Å². The van der Waals surface area contributed by atoms with Crippen LogP contribution in [-0.4, -0.2) is 57.3 Å². The number of ether oxygens (including phenoxy) is 2. The second-order valence-electron chi connectivity index (χ2n) is 5.60. The standard InChI is InChI=1S/C16H20FN3O3/c1-11(21)18-9-13-10-23-16(19-13)12-2-3-15(14(17)8-12)20-4-6-22-7-5-20/h2-3,8,13H,4-7,9-10H2,1H3,(H,18,21)/t13-/m0/s1. The predicted molar refractivity (Wildman–Crippen MR) is 84.4 cm³/mol. The Bertz CT molecular complexity index is 615. The molecule has 1 atom stereocenters. The summed E-state index contributed by atoms with van der Waals surface area (Å²) in [7, 11) is 0. The van der Waals surface area contributed by atoms with E-state index in [-0.39, 0.29) is 17.8 Å². The van der Waals surface area contributed by atoms with Gasteiger partial charge >= 0.3 is 0 Å². The highest BCUT2D eigenvalue weighted by Gasteiger charge is 2.22. The molecule has 3 rings (SSSR count). The minimum atomic E-state index is -0.291. The quantitative estimate of drug-likeness (QED) is 0.897. The van der Waals surface area contributed by atoms with Crippen LogP contribution in [0.2, 0.25) is 0 Å². The first-order chi connectivity index (χ1) is 11.1. The molecule has 2 aliphatic rings. The van der Waals surface area contributed by atoms with Gasteiger partial charge in [0.25, 0.3) is 0 Å². The van der Waals surface area contributed by atoms with E-state index in [0.29, 0.717) is 56.6 Å². The molecule has 0 aliphatic carbocycles. The van der Waals surface area contributed by atoms with Crippen LogP contribution in [0.3, 0.4) is 0 Å². The van der Waals surface area contributed by atoms with Crippen LogP contribution in [0.15, 0.2) is 23.2 Å². The molecule has 2 heterocycles. The normalized spacial score (nSPS) is 20.9. The molecule has 1 N–H and O–H groups in total. The average Bonchev–Trinajstić information content (AvgIpc) is 3.02. The molecule has 1 aromatic carbocycles. The van der Waals surface area contributed by atoms with Gasteiger partial charge in [-0.05, 0) is 18.2 Å². The van der Waals surface area contributed by atoms with Crippen molar-refractivity contribution in [1.29, 1.82) is 0 Å². The molecule has 7 heteroatoms. The molecule has 1 fully saturated rings. The van der Waals surface area contributed by atoms with Crippen molar-refractivity contribution < 1.29 is 18.7 Å². The Hall–Kier alpha value is -2.15. The van der Waals surface area contributed by atoms with Gasteiger partial charge in [0.15, 0.2) is 0 Å². The number of hydrogen-bond donors (Lipinski definition) is 1. The summed E-state index contributed by atoms with van der Waals surface area (Å²) in [5.74, 6) is 0.0309. The van der Waals surface area contributed by atoms with Gasteiger partial charge in [-0.3, -0.25) is 4.79 Å². The van der Waals surface area contributed by atoms with Gasteiger partial charge in [0.1, 0.15) is 18.5 Å². The molecular weight excluding hydrogens is 301 g/mol. The van der Waals surface area contributed by atoms with Crippen molar-refractivity contribution in [3.63, 3.8) is 0 Å². The molecule has 23 heavy (non-hydrogen) atoms. The topological polar surface area (TPSA) is 63.2 Å². The lowest BCUT2D eigenvalue weighted by atomic mass is 10.1. The third-order valence-electron chi connectivity index (χ3n) is 3.85. The summed E-state index contributed by atoms with van der Waals surface area (Å²) in [6.07, 6.45) is 0. The number of hydrogen-bond acceptors (Lipinski definition) is 5. The fourth-order valence-electron chi connectivity index (χ4n) is 2.64. The number of halogens is 1. The molecule has 1 saturated heterocycles. The fraction of sp³-hybridized carbons (Fsp3) is 0.500. The van der Waals surface area contributed by atoms with Crippen molar-refractivity contribution in [2.24, 2.45) is 4.99 Å². The van der Waals surface area contributed by atoms with Gasteiger partial charge in [0, 0.05) is 32.1 Å². The number of nitrogens with zero attached hydrogens (tertiary/aromatic N) is 2. The van der Waals surface area contributed by atoms with E-state index in [1.807, 2.05) is 11.0 Å². The Labute approximate surface area is 134 Å². The molecule has 1 amide bonds. The van der Waals surface area contributed by atoms with Gasteiger partial charge in [-0.25, -0.2) is 9.38 Å². The monoisotopic (exact) mass is 321 g/mol. The molecule has 2 aliphatic heterocycles. The Morgan fingerprint density at radius 2 is 2.22 bits per heavy atom. The molecule has 0 bridgehead atoms. The molecule has 0 aromatic heterocycles. The average molecular weight is 321 g/mol. The number of anilines is 1. The Kier molecular flexibility index (Phi) is 4.76. The van der Waals surface area contributed by atoms with Gasteiger partial charge in [-0.15, -0.1) is 0 Å². The van der Waals surface area contributed by atoms with Crippen LogP contribution in [0.1, 0.15) is 12.5 Å². The SMILES string of the molecule is CC(=O)NC[C@H]1COC(c2ccc(N3CCOCC3)c(F)c2)=N1. The minimum absolute atomic E-state index is 0.102. The smallest absolute Gasteiger partial charge is 0.216 e. The molecule has 124 valence electrons. The number of nitrogens with one attached hydrogen (secondary N) is 1. The number of carbonyl (C=O) groups excluding carboxylic acids is 1. The van der Waals surface area contributed by atoms with E-state index < -0.39 is 0 Å². The number of carbonyl (C=O) groups is 1. The highest BCUT2D eigenvalue weighted by molar-refractivity contribution is 5.95. The number of amides is 1. The summed E-state index contributed by atoms with van der Waals surface area (Å²) in [6.45, 7) is 4.87. The molecule has 0 spiro atoms. The zero-order chi connectivity index (χ0) is 16.2. The maximum absolute atomic E-state index is 14.4. The van der Waals surface area contributed by atoms with Crippen LogP contribution >= 0.6 is 0 Å². The Morgan fingerprint density at radius 1 is 1.43 bits per heavy atom. The number of aliphatic imine (C=N–C) groups is 1. The number of morpholine rings is 1. The summed E-state index contributed by atoms with van der Waals surface area (Å²) < 4.78 is 25.2. The number of rotatable bonds is 4. The maximum Gasteiger partial charge on any atom is 0.216 e. The maximum atomic E-state index is 14.4. The van der Waals surface area contributed by atoms with Crippen molar-refractivity contribution in [3.8, 4) is 0 Å². The number of benzene rings is 1. The molecule has 0 radical (unpaired) electrons. The van der Waals surface area contributed by atoms with Crippen LogP contribution in [0, 0.1) is 5.82 Å². The first kappa shape index (κ1) is 15.7. The van der Waals surface area contributed by atoms with Gasteiger partial charge < -0.3 is 19.7 Å². The molecule has 1 aromatic rings. The van der Waals surface area contributed by atoms with Crippen molar-refractivity contribution >= 4 is 17.5 Å². The van der Waals surface area contributed by atoms with Crippen LogP contribution < -0.4 is 10.2 Å². The van der Waals surface area contributed by atoms with Crippen LogP contribution in [0.4, 0.5) is 10.1 Å². The van der Waals surface area contributed by atoms with Crippen LogP contribution in [0.25, 0.3) is 0 Å². The summed E-state index contributed by atoms with van der Waals surface area (Å²) >= 11 is 0. The second-order valence-corrected chi connectivity index (χ2v) is 5.60. The molecule has 6 nitrogen and oxygen atoms in total. The van der Waals surface area contributed by atoms with Crippen molar-refractivity contribution in [3.05, 3.63) is 29.6 Å².